The molecular weight excluding hydrogens is 218 g/mol. The van der Waals surface area contributed by atoms with Crippen molar-refractivity contribution in [3.8, 4) is 0 Å². The molecule has 1 aromatic heterocycles. The van der Waals surface area contributed by atoms with E-state index in [-0.39, 0.29) is 0 Å². The minimum Gasteiger partial charge on any atom is -0.480 e. The standard InChI is InChI=1S/C12H15N3O2/c1-15-10-5-3-2-4-9(10)14-11(15)7-6-8(13)12(16)17/h2-5,8H,6-7,13H2,1H3,(H,16,17)/t8-/m0/s1. The Labute approximate surface area is 98.9 Å². The lowest BCUT2D eigenvalue weighted by Gasteiger charge is -2.05. The topological polar surface area (TPSA) is 81.1 Å². The van der Waals surface area contributed by atoms with Crippen molar-refractivity contribution in [2.24, 2.45) is 12.8 Å². The van der Waals surface area contributed by atoms with Gasteiger partial charge in [0, 0.05) is 13.5 Å². The molecule has 1 aromatic carbocycles. The van der Waals surface area contributed by atoms with Crippen molar-refractivity contribution in [1.29, 1.82) is 0 Å². The van der Waals surface area contributed by atoms with Crippen LogP contribution in [0.1, 0.15) is 12.2 Å². The highest BCUT2D eigenvalue weighted by atomic mass is 16.4. The van der Waals surface area contributed by atoms with Crippen LogP contribution in [0, 0.1) is 0 Å². The zero-order chi connectivity index (χ0) is 12.4. The minimum atomic E-state index is -0.969. The lowest BCUT2D eigenvalue weighted by atomic mass is 10.1. The highest BCUT2D eigenvalue weighted by molar-refractivity contribution is 5.76. The maximum absolute atomic E-state index is 10.6. The van der Waals surface area contributed by atoms with E-state index >= 15 is 0 Å². The van der Waals surface area contributed by atoms with Crippen LogP contribution in [-0.2, 0) is 18.3 Å². The molecule has 1 atom stereocenters. The van der Waals surface area contributed by atoms with E-state index in [1.165, 1.54) is 0 Å². The number of para-hydroxylation sites is 2. The summed E-state index contributed by atoms with van der Waals surface area (Å²) >= 11 is 0. The lowest BCUT2D eigenvalue weighted by Crippen LogP contribution is -2.30. The summed E-state index contributed by atoms with van der Waals surface area (Å²) < 4.78 is 1.98. The molecule has 3 N–H and O–H groups in total. The number of aryl methyl sites for hydroxylation is 2. The molecule has 90 valence electrons. The van der Waals surface area contributed by atoms with Crippen LogP contribution in [0.2, 0.25) is 0 Å². The van der Waals surface area contributed by atoms with E-state index in [0.29, 0.717) is 12.8 Å². The average Bonchev–Trinajstić information content (AvgIpc) is 2.64. The van der Waals surface area contributed by atoms with Gasteiger partial charge in [-0.1, -0.05) is 12.1 Å². The molecule has 0 saturated carbocycles. The number of benzene rings is 1. The molecule has 0 amide bonds. The average molecular weight is 233 g/mol. The van der Waals surface area contributed by atoms with Crippen molar-refractivity contribution < 1.29 is 9.90 Å². The first kappa shape index (κ1) is 11.6. The highest BCUT2D eigenvalue weighted by Crippen LogP contribution is 2.15. The number of aliphatic carboxylic acids is 1. The fourth-order valence-electron chi connectivity index (χ4n) is 1.83. The van der Waals surface area contributed by atoms with Gasteiger partial charge in [0.1, 0.15) is 11.9 Å². The summed E-state index contributed by atoms with van der Waals surface area (Å²) in [4.78, 5) is 15.1. The first-order valence-electron chi connectivity index (χ1n) is 5.48. The van der Waals surface area contributed by atoms with Crippen molar-refractivity contribution in [2.45, 2.75) is 18.9 Å². The Kier molecular flexibility index (Phi) is 3.10. The normalized spacial score (nSPS) is 12.8. The number of rotatable bonds is 4. The van der Waals surface area contributed by atoms with E-state index in [4.69, 9.17) is 10.8 Å². The van der Waals surface area contributed by atoms with Crippen LogP contribution in [0.4, 0.5) is 0 Å². The highest BCUT2D eigenvalue weighted by Gasteiger charge is 2.13. The summed E-state index contributed by atoms with van der Waals surface area (Å²) in [5.41, 5.74) is 7.44. The second kappa shape index (κ2) is 4.55. The molecule has 0 saturated heterocycles. The number of fused-ring (bicyclic) bond motifs is 1. The third-order valence-electron chi connectivity index (χ3n) is 2.88. The zero-order valence-electron chi connectivity index (χ0n) is 9.63. The van der Waals surface area contributed by atoms with Crippen molar-refractivity contribution in [2.75, 3.05) is 0 Å². The largest absolute Gasteiger partial charge is 0.480 e. The lowest BCUT2D eigenvalue weighted by molar-refractivity contribution is -0.138. The number of carbonyl (C=O) groups is 1. The quantitative estimate of drug-likeness (QED) is 0.822. The Morgan fingerprint density at radius 1 is 1.53 bits per heavy atom. The van der Waals surface area contributed by atoms with Crippen molar-refractivity contribution in [3.63, 3.8) is 0 Å². The van der Waals surface area contributed by atoms with Crippen LogP contribution >= 0.6 is 0 Å². The Bertz CT molecular complexity index is 548. The van der Waals surface area contributed by atoms with E-state index in [9.17, 15) is 4.79 Å². The molecule has 5 nitrogen and oxygen atoms in total. The van der Waals surface area contributed by atoms with Gasteiger partial charge in [-0.25, -0.2) is 4.98 Å². The zero-order valence-corrected chi connectivity index (χ0v) is 9.63. The van der Waals surface area contributed by atoms with Crippen molar-refractivity contribution >= 4 is 17.0 Å². The Morgan fingerprint density at radius 3 is 2.88 bits per heavy atom. The molecule has 0 spiro atoms. The first-order chi connectivity index (χ1) is 8.09. The molecule has 1 heterocycles. The minimum absolute atomic E-state index is 0.395. The Hall–Kier alpha value is -1.88. The van der Waals surface area contributed by atoms with E-state index in [2.05, 4.69) is 4.98 Å². The fraction of sp³-hybridized carbons (Fsp3) is 0.333. The van der Waals surface area contributed by atoms with Gasteiger partial charge in [-0.2, -0.15) is 0 Å². The van der Waals surface area contributed by atoms with Crippen LogP contribution in [0.15, 0.2) is 24.3 Å². The van der Waals surface area contributed by atoms with E-state index in [0.717, 1.165) is 16.9 Å². The fourth-order valence-corrected chi connectivity index (χ4v) is 1.83. The number of hydrogen-bond donors (Lipinski definition) is 2. The van der Waals surface area contributed by atoms with Crippen LogP contribution < -0.4 is 5.73 Å². The SMILES string of the molecule is Cn1c(CC[C@H](N)C(=O)O)nc2ccccc21. The van der Waals surface area contributed by atoms with Gasteiger partial charge < -0.3 is 15.4 Å². The van der Waals surface area contributed by atoms with Gasteiger partial charge in [-0.15, -0.1) is 0 Å². The summed E-state index contributed by atoms with van der Waals surface area (Å²) in [6.45, 7) is 0. The molecule has 0 bridgehead atoms. The molecular formula is C12H15N3O2. The Balaban J connectivity index is 2.19. The number of aromatic nitrogens is 2. The van der Waals surface area contributed by atoms with Gasteiger partial charge in [0.2, 0.25) is 0 Å². The number of carboxylic acid groups (broad SMARTS) is 1. The molecule has 2 rings (SSSR count). The predicted molar refractivity (Wildman–Crippen MR) is 64.6 cm³/mol. The van der Waals surface area contributed by atoms with Crippen molar-refractivity contribution in [3.05, 3.63) is 30.1 Å². The van der Waals surface area contributed by atoms with Crippen molar-refractivity contribution in [1.82, 2.24) is 9.55 Å². The number of hydrogen-bond acceptors (Lipinski definition) is 3. The first-order valence-corrected chi connectivity index (χ1v) is 5.48. The second-order valence-corrected chi connectivity index (χ2v) is 4.06. The molecule has 0 aliphatic heterocycles. The smallest absolute Gasteiger partial charge is 0.320 e. The third-order valence-corrected chi connectivity index (χ3v) is 2.88. The van der Waals surface area contributed by atoms with E-state index in [1.807, 2.05) is 35.9 Å². The van der Waals surface area contributed by atoms with E-state index < -0.39 is 12.0 Å². The van der Waals surface area contributed by atoms with Gasteiger partial charge in [0.05, 0.1) is 11.0 Å². The summed E-state index contributed by atoms with van der Waals surface area (Å²) in [5, 5.41) is 8.72. The summed E-state index contributed by atoms with van der Waals surface area (Å²) in [5.74, 6) is -0.105. The number of carboxylic acids is 1. The predicted octanol–water partition coefficient (Wildman–Crippen LogP) is 0.918. The van der Waals surface area contributed by atoms with Crippen LogP contribution in [0.5, 0.6) is 0 Å². The molecule has 0 aliphatic carbocycles. The van der Waals surface area contributed by atoms with Gasteiger partial charge in [0.15, 0.2) is 0 Å². The van der Waals surface area contributed by atoms with Gasteiger partial charge in [0.25, 0.3) is 0 Å². The molecule has 0 radical (unpaired) electrons. The molecule has 0 aliphatic rings. The summed E-state index contributed by atoms with van der Waals surface area (Å²) in [6.07, 6.45) is 0.963. The van der Waals surface area contributed by atoms with Gasteiger partial charge in [-0.3, -0.25) is 4.79 Å². The summed E-state index contributed by atoms with van der Waals surface area (Å²) in [7, 11) is 1.93. The molecule has 5 heteroatoms. The third kappa shape index (κ3) is 2.29. The maximum Gasteiger partial charge on any atom is 0.320 e. The monoisotopic (exact) mass is 233 g/mol. The molecule has 2 aromatic rings. The molecule has 17 heavy (non-hydrogen) atoms. The maximum atomic E-state index is 10.6. The van der Waals surface area contributed by atoms with Crippen LogP contribution in [-0.4, -0.2) is 26.7 Å². The number of nitrogens with two attached hydrogens (primary N) is 1. The van der Waals surface area contributed by atoms with Crippen LogP contribution in [0.3, 0.4) is 0 Å². The van der Waals surface area contributed by atoms with E-state index in [1.54, 1.807) is 0 Å². The molecule has 0 unspecified atom stereocenters. The summed E-state index contributed by atoms with van der Waals surface area (Å²) in [6, 6.07) is 6.99. The molecule has 0 fully saturated rings. The Morgan fingerprint density at radius 2 is 2.24 bits per heavy atom. The van der Waals surface area contributed by atoms with Crippen LogP contribution in [0.25, 0.3) is 11.0 Å². The number of nitrogens with zero attached hydrogens (tertiary/aromatic N) is 2. The number of imidazole rings is 1. The second-order valence-electron chi connectivity index (χ2n) is 4.06. The van der Waals surface area contributed by atoms with Gasteiger partial charge >= 0.3 is 5.97 Å². The van der Waals surface area contributed by atoms with Gasteiger partial charge in [-0.05, 0) is 18.6 Å².